The van der Waals surface area contributed by atoms with E-state index in [2.05, 4.69) is 56.4 Å². The molecule has 4 rings (SSSR count). The summed E-state index contributed by atoms with van der Waals surface area (Å²) in [5.41, 5.74) is 3.19. The van der Waals surface area contributed by atoms with Crippen LogP contribution in [-0.2, 0) is 6.42 Å². The third-order valence-electron chi connectivity index (χ3n) is 4.88. The quantitative estimate of drug-likeness (QED) is 0.591. The van der Waals surface area contributed by atoms with E-state index in [0.29, 0.717) is 18.7 Å². The Morgan fingerprint density at radius 1 is 1.07 bits per heavy atom. The Balaban J connectivity index is 1.36. The van der Waals surface area contributed by atoms with Crippen molar-refractivity contribution in [3.63, 3.8) is 0 Å². The lowest BCUT2D eigenvalue weighted by molar-refractivity contribution is 0.0746. The molecular weight excluding hydrogens is 436 g/mol. The summed E-state index contributed by atoms with van der Waals surface area (Å²) in [6.07, 6.45) is 0.747. The Morgan fingerprint density at radius 2 is 1.79 bits per heavy atom. The van der Waals surface area contributed by atoms with E-state index >= 15 is 0 Å². The normalized spacial score (nSPS) is 14.4. The second-order valence-corrected chi connectivity index (χ2v) is 8.50. The number of halogens is 1. The van der Waals surface area contributed by atoms with E-state index in [1.165, 1.54) is 22.7 Å². The van der Waals surface area contributed by atoms with Crippen molar-refractivity contribution in [2.75, 3.05) is 31.1 Å². The van der Waals surface area contributed by atoms with Gasteiger partial charge in [0.25, 0.3) is 5.91 Å². The van der Waals surface area contributed by atoms with Gasteiger partial charge in [-0.1, -0.05) is 42.0 Å². The van der Waals surface area contributed by atoms with Gasteiger partial charge < -0.3 is 9.80 Å². The zero-order valence-electron chi connectivity index (χ0n) is 15.6. The Labute approximate surface area is 177 Å². The number of benzene rings is 2. The summed E-state index contributed by atoms with van der Waals surface area (Å²) in [6.45, 7) is 5.01. The van der Waals surface area contributed by atoms with Crippen LogP contribution in [-0.4, -0.2) is 46.3 Å². The first-order valence-corrected chi connectivity index (χ1v) is 10.8. The average molecular weight is 457 g/mol. The molecule has 2 aromatic carbocycles. The molecule has 3 aromatic rings. The number of rotatable bonds is 4. The lowest BCUT2D eigenvalue weighted by atomic mass is 10.1. The minimum atomic E-state index is 0.0736. The van der Waals surface area contributed by atoms with Gasteiger partial charge in [-0.3, -0.25) is 4.79 Å². The predicted molar refractivity (Wildman–Crippen MR) is 116 cm³/mol. The van der Waals surface area contributed by atoms with Crippen molar-refractivity contribution in [3.05, 3.63) is 75.5 Å². The fourth-order valence-electron chi connectivity index (χ4n) is 3.24. The summed E-state index contributed by atoms with van der Waals surface area (Å²) in [5.74, 6) is 0.931. The maximum absolute atomic E-state index is 12.7. The zero-order valence-corrected chi connectivity index (χ0v) is 18.0. The Morgan fingerprint density at radius 3 is 2.50 bits per heavy atom. The molecule has 0 bridgehead atoms. The van der Waals surface area contributed by atoms with Crippen molar-refractivity contribution in [2.24, 2.45) is 0 Å². The predicted octanol–water partition coefficient (Wildman–Crippen LogP) is 4.16. The first-order valence-electron chi connectivity index (χ1n) is 9.27. The van der Waals surface area contributed by atoms with Crippen LogP contribution in [0.1, 0.15) is 27.3 Å². The number of piperazine rings is 1. The molecule has 0 saturated carbocycles. The second-order valence-electron chi connectivity index (χ2n) is 6.91. The molecule has 1 amide bonds. The fourth-order valence-corrected chi connectivity index (χ4v) is 4.43. The number of nitrogens with zero attached hydrogens (tertiary/aromatic N) is 4. The second kappa shape index (κ2) is 8.41. The highest BCUT2D eigenvalue weighted by molar-refractivity contribution is 9.10. The monoisotopic (exact) mass is 456 g/mol. The molecule has 0 aliphatic carbocycles. The molecule has 1 aliphatic heterocycles. The molecule has 1 aliphatic rings. The van der Waals surface area contributed by atoms with Gasteiger partial charge in [0.05, 0.1) is 5.56 Å². The van der Waals surface area contributed by atoms with E-state index in [4.69, 9.17) is 4.98 Å². The van der Waals surface area contributed by atoms with E-state index in [0.717, 1.165) is 34.9 Å². The van der Waals surface area contributed by atoms with Crippen molar-refractivity contribution in [1.82, 2.24) is 14.3 Å². The van der Waals surface area contributed by atoms with Crippen LogP contribution in [0.2, 0.25) is 0 Å². The third kappa shape index (κ3) is 4.25. The van der Waals surface area contributed by atoms with Crippen LogP contribution < -0.4 is 4.90 Å². The van der Waals surface area contributed by atoms with Crippen LogP contribution in [0.15, 0.2) is 53.0 Å². The maximum Gasteiger partial charge on any atom is 0.255 e. The van der Waals surface area contributed by atoms with Gasteiger partial charge in [-0.05, 0) is 40.5 Å². The van der Waals surface area contributed by atoms with Gasteiger partial charge in [0.1, 0.15) is 5.82 Å². The topological polar surface area (TPSA) is 49.3 Å². The number of aromatic nitrogens is 2. The number of hydrogen-bond donors (Lipinski definition) is 0. The summed E-state index contributed by atoms with van der Waals surface area (Å²) in [7, 11) is 0. The van der Waals surface area contributed by atoms with Gasteiger partial charge in [0.15, 0.2) is 0 Å². The fraction of sp³-hybridized carbons (Fsp3) is 0.286. The Hall–Kier alpha value is -2.25. The lowest BCUT2D eigenvalue weighted by Crippen LogP contribution is -2.48. The van der Waals surface area contributed by atoms with Crippen LogP contribution in [0, 0.1) is 6.92 Å². The highest BCUT2D eigenvalue weighted by Crippen LogP contribution is 2.23. The van der Waals surface area contributed by atoms with Crippen molar-refractivity contribution in [3.8, 4) is 0 Å². The molecular formula is C21H21BrN4OS. The van der Waals surface area contributed by atoms with E-state index in [-0.39, 0.29) is 5.91 Å². The number of carbonyl (C=O) groups excluding carboxylic acids is 1. The average Bonchev–Trinajstić information content (AvgIpc) is 3.18. The molecule has 1 saturated heterocycles. The van der Waals surface area contributed by atoms with Crippen LogP contribution in [0.3, 0.4) is 0 Å². The Bertz CT molecular complexity index is 965. The molecule has 0 radical (unpaired) electrons. The lowest BCUT2D eigenvalue weighted by Gasteiger charge is -2.34. The number of anilines is 1. The molecule has 7 heteroatoms. The summed E-state index contributed by atoms with van der Waals surface area (Å²) >= 11 is 4.91. The minimum absolute atomic E-state index is 0.0736. The van der Waals surface area contributed by atoms with E-state index < -0.39 is 0 Å². The molecule has 0 N–H and O–H groups in total. The van der Waals surface area contributed by atoms with E-state index in [1.54, 1.807) is 0 Å². The Kier molecular flexibility index (Phi) is 5.73. The van der Waals surface area contributed by atoms with Crippen LogP contribution in [0.25, 0.3) is 0 Å². The van der Waals surface area contributed by atoms with Gasteiger partial charge in [0, 0.05) is 48.6 Å². The minimum Gasteiger partial charge on any atom is -0.343 e. The standard InChI is InChI=1S/C21H21BrN4OS/c1-15-6-8-16(9-7-15)14-19-23-21(28-24-19)26-12-10-25(11-13-26)20(27)17-4-2-3-5-18(17)22/h2-9H,10-14H2,1H3. The van der Waals surface area contributed by atoms with Crippen molar-refractivity contribution >= 4 is 38.5 Å². The number of hydrogen-bond acceptors (Lipinski definition) is 5. The van der Waals surface area contributed by atoms with Crippen molar-refractivity contribution < 1.29 is 4.79 Å². The molecule has 2 heterocycles. The molecule has 0 spiro atoms. The van der Waals surface area contributed by atoms with Gasteiger partial charge >= 0.3 is 0 Å². The molecule has 1 aromatic heterocycles. The molecule has 0 unspecified atom stereocenters. The highest BCUT2D eigenvalue weighted by Gasteiger charge is 2.25. The highest BCUT2D eigenvalue weighted by atomic mass is 79.9. The van der Waals surface area contributed by atoms with Crippen molar-refractivity contribution in [1.29, 1.82) is 0 Å². The third-order valence-corrected chi connectivity index (χ3v) is 6.39. The summed E-state index contributed by atoms with van der Waals surface area (Å²) in [6, 6.07) is 16.1. The van der Waals surface area contributed by atoms with Crippen LogP contribution in [0.5, 0.6) is 0 Å². The number of carbonyl (C=O) groups is 1. The van der Waals surface area contributed by atoms with E-state index in [1.807, 2.05) is 29.2 Å². The number of aryl methyl sites for hydroxylation is 1. The molecule has 28 heavy (non-hydrogen) atoms. The SMILES string of the molecule is Cc1ccc(Cc2nsc(N3CCN(C(=O)c4ccccc4Br)CC3)n2)cc1. The maximum atomic E-state index is 12.7. The zero-order chi connectivity index (χ0) is 19.5. The summed E-state index contributed by atoms with van der Waals surface area (Å²) in [5, 5.41) is 0.940. The first-order chi connectivity index (χ1) is 13.6. The van der Waals surface area contributed by atoms with Gasteiger partial charge in [-0.15, -0.1) is 0 Å². The molecule has 1 fully saturated rings. The summed E-state index contributed by atoms with van der Waals surface area (Å²) < 4.78 is 5.36. The molecule has 144 valence electrons. The van der Waals surface area contributed by atoms with Crippen LogP contribution >= 0.6 is 27.5 Å². The molecule has 0 atom stereocenters. The van der Waals surface area contributed by atoms with Gasteiger partial charge in [-0.25, -0.2) is 4.98 Å². The van der Waals surface area contributed by atoms with E-state index in [9.17, 15) is 4.79 Å². The first kappa shape index (κ1) is 19.1. The van der Waals surface area contributed by atoms with Crippen molar-refractivity contribution in [2.45, 2.75) is 13.3 Å². The number of amides is 1. The van der Waals surface area contributed by atoms with Gasteiger partial charge in [0.2, 0.25) is 5.13 Å². The van der Waals surface area contributed by atoms with Crippen LogP contribution in [0.4, 0.5) is 5.13 Å². The van der Waals surface area contributed by atoms with Gasteiger partial charge in [-0.2, -0.15) is 4.37 Å². The molecule has 5 nitrogen and oxygen atoms in total. The summed E-state index contributed by atoms with van der Waals surface area (Å²) in [4.78, 5) is 21.6. The smallest absolute Gasteiger partial charge is 0.255 e. The largest absolute Gasteiger partial charge is 0.343 e.